The maximum absolute atomic E-state index is 11.5. The predicted molar refractivity (Wildman–Crippen MR) is 101 cm³/mol. The van der Waals surface area contributed by atoms with Crippen molar-refractivity contribution in [1.29, 1.82) is 0 Å². The number of pyridine rings is 1. The molecule has 0 atom stereocenters. The molecule has 2 aromatic heterocycles. The molecular weight excluding hydrogens is 328 g/mol. The Morgan fingerprint density at radius 2 is 1.96 bits per heavy atom. The molecule has 5 rings (SSSR count). The second-order valence-corrected chi connectivity index (χ2v) is 6.37. The summed E-state index contributed by atoms with van der Waals surface area (Å²) in [5, 5.41) is 9.85. The highest BCUT2D eigenvalue weighted by molar-refractivity contribution is 6.15. The third-order valence-corrected chi connectivity index (χ3v) is 4.51. The van der Waals surface area contributed by atoms with Crippen LogP contribution in [0.1, 0.15) is 23.7 Å². The lowest BCUT2D eigenvalue weighted by molar-refractivity contribution is 0.555. The summed E-state index contributed by atoms with van der Waals surface area (Å²) in [7, 11) is 0. The Bertz CT molecular complexity index is 1290. The van der Waals surface area contributed by atoms with E-state index in [1.807, 2.05) is 55.5 Å². The number of aromatic amines is 1. The molecule has 6 nitrogen and oxygen atoms in total. The van der Waals surface area contributed by atoms with E-state index in [2.05, 4.69) is 15.2 Å². The van der Waals surface area contributed by atoms with Crippen LogP contribution in [-0.4, -0.2) is 21.4 Å². The van der Waals surface area contributed by atoms with Crippen LogP contribution < -0.4 is 5.76 Å². The van der Waals surface area contributed by atoms with Crippen LogP contribution in [0.25, 0.3) is 22.0 Å². The van der Waals surface area contributed by atoms with Gasteiger partial charge in [0.15, 0.2) is 5.58 Å². The average molecular weight is 342 g/mol. The number of rotatable bonds is 1. The topological polar surface area (TPSA) is 83.6 Å². The molecular formula is C20H14N4O2. The molecule has 0 fully saturated rings. The molecule has 126 valence electrons. The molecule has 0 saturated carbocycles. The van der Waals surface area contributed by atoms with Gasteiger partial charge in [-0.05, 0) is 36.8 Å². The van der Waals surface area contributed by atoms with Crippen LogP contribution >= 0.6 is 0 Å². The fourth-order valence-electron chi connectivity index (χ4n) is 3.30. The number of oxazole rings is 1. The highest BCUT2D eigenvalue weighted by Gasteiger charge is 2.19. The van der Waals surface area contributed by atoms with Gasteiger partial charge in [-0.1, -0.05) is 24.3 Å². The van der Waals surface area contributed by atoms with Crippen molar-refractivity contribution in [2.75, 3.05) is 0 Å². The van der Waals surface area contributed by atoms with Gasteiger partial charge in [-0.3, -0.25) is 4.98 Å². The summed E-state index contributed by atoms with van der Waals surface area (Å²) in [5.41, 5.74) is 6.29. The van der Waals surface area contributed by atoms with Crippen LogP contribution in [0.2, 0.25) is 0 Å². The molecule has 0 saturated heterocycles. The molecule has 2 aromatic carbocycles. The molecule has 0 amide bonds. The Morgan fingerprint density at radius 3 is 2.88 bits per heavy atom. The summed E-state index contributed by atoms with van der Waals surface area (Å²) in [5.74, 6) is -0.465. The van der Waals surface area contributed by atoms with E-state index in [1.165, 1.54) is 0 Å². The molecule has 0 aliphatic carbocycles. The van der Waals surface area contributed by atoms with Crippen LogP contribution in [-0.2, 0) is 6.42 Å². The molecule has 0 radical (unpaired) electrons. The summed E-state index contributed by atoms with van der Waals surface area (Å²) in [6.07, 6.45) is 0.652. The lowest BCUT2D eigenvalue weighted by Gasteiger charge is -2.09. The third kappa shape index (κ3) is 2.35. The van der Waals surface area contributed by atoms with Crippen molar-refractivity contribution in [2.24, 2.45) is 10.2 Å². The number of aromatic nitrogens is 2. The Hall–Kier alpha value is -3.54. The zero-order valence-electron chi connectivity index (χ0n) is 14.0. The molecule has 4 aromatic rings. The van der Waals surface area contributed by atoms with E-state index < -0.39 is 5.76 Å². The van der Waals surface area contributed by atoms with Crippen molar-refractivity contribution >= 4 is 33.4 Å². The van der Waals surface area contributed by atoms with Crippen molar-refractivity contribution < 1.29 is 4.42 Å². The van der Waals surface area contributed by atoms with Crippen molar-refractivity contribution in [1.82, 2.24) is 9.97 Å². The quantitative estimate of drug-likeness (QED) is 0.575. The maximum Gasteiger partial charge on any atom is 0.417 e. The second kappa shape index (κ2) is 5.49. The number of H-pyrrole nitrogens is 1. The SMILES string of the molecule is CC1=NN=C(c2ccc3ccccc3n2)c2cc3oc(=O)[nH]c3cc2C1. The Labute approximate surface area is 147 Å². The van der Waals surface area contributed by atoms with E-state index in [0.29, 0.717) is 23.2 Å². The van der Waals surface area contributed by atoms with E-state index in [4.69, 9.17) is 9.40 Å². The lowest BCUT2D eigenvalue weighted by atomic mass is 9.96. The van der Waals surface area contributed by atoms with Gasteiger partial charge < -0.3 is 4.42 Å². The van der Waals surface area contributed by atoms with Crippen LogP contribution in [0.4, 0.5) is 0 Å². The molecule has 3 heterocycles. The lowest BCUT2D eigenvalue weighted by Crippen LogP contribution is -2.08. The van der Waals surface area contributed by atoms with Crippen molar-refractivity contribution in [3.63, 3.8) is 0 Å². The van der Waals surface area contributed by atoms with Gasteiger partial charge in [0.25, 0.3) is 0 Å². The second-order valence-electron chi connectivity index (χ2n) is 6.37. The standard InChI is InChI=1S/C20H14N4O2/c1-11-8-13-9-17-18(26-20(25)22-17)10-14(13)19(24-23-11)16-7-6-12-4-2-3-5-15(12)21-16/h2-7,9-10H,8H2,1H3,(H,22,25). The van der Waals surface area contributed by atoms with Crippen LogP contribution in [0, 0.1) is 0 Å². The first-order valence-corrected chi connectivity index (χ1v) is 8.31. The first-order valence-electron chi connectivity index (χ1n) is 8.31. The normalized spacial score (nSPS) is 14.0. The number of benzene rings is 2. The minimum absolute atomic E-state index is 0.465. The molecule has 1 aliphatic heterocycles. The molecule has 0 bridgehead atoms. The predicted octanol–water partition coefficient (Wildman–Crippen LogP) is 3.44. The van der Waals surface area contributed by atoms with Crippen LogP contribution in [0.3, 0.4) is 0 Å². The number of nitrogens with zero attached hydrogens (tertiary/aromatic N) is 3. The van der Waals surface area contributed by atoms with Crippen molar-refractivity contribution in [3.05, 3.63) is 75.9 Å². The number of para-hydroxylation sites is 1. The number of fused-ring (bicyclic) bond motifs is 3. The van der Waals surface area contributed by atoms with Gasteiger partial charge in [-0.15, -0.1) is 5.10 Å². The highest BCUT2D eigenvalue weighted by atomic mass is 16.4. The summed E-state index contributed by atoms with van der Waals surface area (Å²) in [4.78, 5) is 19.0. The fraction of sp³-hybridized carbons (Fsp3) is 0.100. The summed E-state index contributed by atoms with van der Waals surface area (Å²) in [6.45, 7) is 1.94. The van der Waals surface area contributed by atoms with Crippen LogP contribution in [0.5, 0.6) is 0 Å². The van der Waals surface area contributed by atoms with E-state index >= 15 is 0 Å². The van der Waals surface area contributed by atoms with Gasteiger partial charge in [-0.2, -0.15) is 5.10 Å². The van der Waals surface area contributed by atoms with Crippen molar-refractivity contribution in [2.45, 2.75) is 13.3 Å². The van der Waals surface area contributed by atoms with Gasteiger partial charge in [-0.25, -0.2) is 9.78 Å². The first-order chi connectivity index (χ1) is 12.7. The highest BCUT2D eigenvalue weighted by Crippen LogP contribution is 2.25. The fourth-order valence-corrected chi connectivity index (χ4v) is 3.30. The Kier molecular flexibility index (Phi) is 3.12. The van der Waals surface area contributed by atoms with Gasteiger partial charge in [0.05, 0.1) is 16.7 Å². The average Bonchev–Trinajstić information content (AvgIpc) is 2.92. The molecule has 26 heavy (non-hydrogen) atoms. The number of hydrogen-bond donors (Lipinski definition) is 1. The largest absolute Gasteiger partial charge is 0.417 e. The zero-order chi connectivity index (χ0) is 17.7. The van der Waals surface area contributed by atoms with E-state index in [-0.39, 0.29) is 0 Å². The van der Waals surface area contributed by atoms with Gasteiger partial charge in [0.2, 0.25) is 0 Å². The molecule has 1 N–H and O–H groups in total. The summed E-state index contributed by atoms with van der Waals surface area (Å²) < 4.78 is 5.23. The Balaban J connectivity index is 1.77. The minimum Gasteiger partial charge on any atom is -0.408 e. The molecule has 1 aliphatic rings. The summed E-state index contributed by atoms with van der Waals surface area (Å²) >= 11 is 0. The molecule has 0 unspecified atom stereocenters. The number of hydrogen-bond acceptors (Lipinski definition) is 5. The number of nitrogens with one attached hydrogen (secondary N) is 1. The van der Waals surface area contributed by atoms with E-state index in [1.54, 1.807) is 0 Å². The maximum atomic E-state index is 11.5. The molecule has 0 spiro atoms. The monoisotopic (exact) mass is 342 g/mol. The first kappa shape index (κ1) is 14.8. The van der Waals surface area contributed by atoms with Gasteiger partial charge in [0.1, 0.15) is 5.71 Å². The van der Waals surface area contributed by atoms with Gasteiger partial charge in [0, 0.05) is 23.1 Å². The zero-order valence-corrected chi connectivity index (χ0v) is 14.0. The van der Waals surface area contributed by atoms with E-state index in [9.17, 15) is 4.79 Å². The van der Waals surface area contributed by atoms with Crippen LogP contribution in [0.15, 0.2) is 67.9 Å². The smallest absolute Gasteiger partial charge is 0.408 e. The van der Waals surface area contributed by atoms with E-state index in [0.717, 1.165) is 33.4 Å². The third-order valence-electron chi connectivity index (χ3n) is 4.51. The van der Waals surface area contributed by atoms with Gasteiger partial charge >= 0.3 is 5.76 Å². The Morgan fingerprint density at radius 1 is 1.08 bits per heavy atom. The minimum atomic E-state index is -0.465. The van der Waals surface area contributed by atoms with Crippen molar-refractivity contribution in [3.8, 4) is 0 Å². The molecule has 6 heteroatoms. The summed E-state index contributed by atoms with van der Waals surface area (Å²) in [6, 6.07) is 15.7.